The van der Waals surface area contributed by atoms with Crippen molar-refractivity contribution in [1.82, 2.24) is 0 Å². The number of hydrogen-bond donors (Lipinski definition) is 0. The lowest BCUT2D eigenvalue weighted by Gasteiger charge is -2.38. The maximum atomic E-state index is 14.7. The van der Waals surface area contributed by atoms with Gasteiger partial charge in [-0.15, -0.1) is 0 Å². The van der Waals surface area contributed by atoms with Gasteiger partial charge in [-0.25, -0.2) is 0 Å². The van der Waals surface area contributed by atoms with E-state index in [1.165, 1.54) is 0 Å². The van der Waals surface area contributed by atoms with Gasteiger partial charge in [-0.1, -0.05) is 12.2 Å². The lowest BCUT2D eigenvalue weighted by molar-refractivity contribution is -0.225. The summed E-state index contributed by atoms with van der Waals surface area (Å²) in [4.78, 5) is 0. The van der Waals surface area contributed by atoms with Crippen molar-refractivity contribution < 1.29 is 36.2 Å². The van der Waals surface area contributed by atoms with Gasteiger partial charge in [-0.2, -0.15) is 22.0 Å². The van der Waals surface area contributed by atoms with Crippen molar-refractivity contribution >= 4 is 0 Å². The molecule has 0 aromatic heterocycles. The summed E-state index contributed by atoms with van der Waals surface area (Å²) in [5, 5.41) is 0. The lowest BCUT2D eigenvalue weighted by Crippen LogP contribution is -2.40. The first-order valence-corrected chi connectivity index (χ1v) is 10.6. The third kappa shape index (κ3) is 6.45. The first kappa shape index (κ1) is 23.6. The molecule has 8 heteroatoms. The van der Waals surface area contributed by atoms with Crippen LogP contribution in [0.5, 0.6) is 11.5 Å². The van der Waals surface area contributed by atoms with E-state index in [1.807, 2.05) is 13.0 Å². The summed E-state index contributed by atoms with van der Waals surface area (Å²) in [7, 11) is 0. The van der Waals surface area contributed by atoms with E-state index in [1.54, 1.807) is 0 Å². The number of halogens is 5. The van der Waals surface area contributed by atoms with Crippen LogP contribution in [0.3, 0.4) is 0 Å². The highest BCUT2D eigenvalue weighted by molar-refractivity contribution is 5.32. The summed E-state index contributed by atoms with van der Waals surface area (Å²) in [5.74, 6) is -0.578. The average Bonchev–Trinajstić information content (AvgIpc) is 2.76. The van der Waals surface area contributed by atoms with Gasteiger partial charge in [0.15, 0.2) is 0 Å². The zero-order valence-electron chi connectivity index (χ0n) is 17.3. The molecule has 0 radical (unpaired) electrons. The van der Waals surface area contributed by atoms with E-state index in [0.717, 1.165) is 37.1 Å². The van der Waals surface area contributed by atoms with Crippen LogP contribution in [0.4, 0.5) is 22.0 Å². The minimum absolute atomic E-state index is 0.133. The number of ether oxygens (including phenoxy) is 3. The number of hydrogen-bond acceptors (Lipinski definition) is 3. The molecule has 0 amide bonds. The third-order valence-electron chi connectivity index (χ3n) is 6.02. The van der Waals surface area contributed by atoms with E-state index in [2.05, 4.69) is 10.8 Å². The van der Waals surface area contributed by atoms with E-state index in [9.17, 15) is 22.0 Å². The molecule has 31 heavy (non-hydrogen) atoms. The second kappa shape index (κ2) is 10.5. The molecule has 0 N–H and O–H groups in total. The van der Waals surface area contributed by atoms with E-state index in [0.29, 0.717) is 38.2 Å². The molecule has 1 aliphatic heterocycles. The van der Waals surface area contributed by atoms with Gasteiger partial charge < -0.3 is 14.2 Å². The van der Waals surface area contributed by atoms with Crippen LogP contribution in [0.25, 0.3) is 0 Å². The van der Waals surface area contributed by atoms with Crippen LogP contribution in [0.1, 0.15) is 45.4 Å². The van der Waals surface area contributed by atoms with E-state index in [-0.39, 0.29) is 23.5 Å². The fourth-order valence-electron chi connectivity index (χ4n) is 4.37. The van der Waals surface area contributed by atoms with Crippen molar-refractivity contribution in [2.24, 2.45) is 17.8 Å². The first-order valence-electron chi connectivity index (χ1n) is 10.6. The van der Waals surface area contributed by atoms with Gasteiger partial charge in [0.1, 0.15) is 11.5 Å². The fourth-order valence-corrected chi connectivity index (χ4v) is 4.37. The van der Waals surface area contributed by atoms with Crippen LogP contribution >= 0.6 is 0 Å². The summed E-state index contributed by atoms with van der Waals surface area (Å²) in [6, 6.07) is 2.42. The molecule has 2 aliphatic rings. The molecule has 1 aromatic rings. The summed E-state index contributed by atoms with van der Waals surface area (Å²) >= 11 is 0. The number of benzene rings is 1. The van der Waals surface area contributed by atoms with Gasteiger partial charge in [0.25, 0.3) is 0 Å². The van der Waals surface area contributed by atoms with Crippen molar-refractivity contribution in [3.63, 3.8) is 0 Å². The molecule has 3 nitrogen and oxygen atoms in total. The van der Waals surface area contributed by atoms with E-state index < -0.39 is 24.1 Å². The topological polar surface area (TPSA) is 27.7 Å². The molecule has 3 rings (SSSR count). The molecule has 172 valence electrons. The number of rotatable bonds is 7. The number of allylic oxidation sites excluding steroid dienone is 1. The molecule has 0 spiro atoms. The van der Waals surface area contributed by atoms with Crippen LogP contribution in [0, 0.1) is 17.8 Å². The predicted molar refractivity (Wildman–Crippen MR) is 106 cm³/mol. The molecule has 2 atom stereocenters. The summed E-state index contributed by atoms with van der Waals surface area (Å²) in [6.45, 7) is 2.67. The van der Waals surface area contributed by atoms with Crippen LogP contribution in [0.15, 0.2) is 48.5 Å². The maximum Gasteiger partial charge on any atom is 0.400 e. The minimum Gasteiger partial charge on any atom is -0.432 e. The Hall–Kier alpha value is -2.09. The monoisotopic (exact) mass is 446 g/mol. The normalized spacial score (nSPS) is 27.2. The van der Waals surface area contributed by atoms with Crippen molar-refractivity contribution in [2.45, 2.75) is 57.7 Å². The molecule has 1 aromatic carbocycles. The van der Waals surface area contributed by atoms with Gasteiger partial charge >= 0.3 is 18.2 Å². The Morgan fingerprint density at radius 1 is 0.968 bits per heavy atom. The third-order valence-corrected chi connectivity index (χ3v) is 6.02. The Labute approximate surface area is 178 Å². The molecule has 2 fully saturated rings. The second-order valence-corrected chi connectivity index (χ2v) is 8.12. The Kier molecular flexibility index (Phi) is 7.97. The highest BCUT2D eigenvalue weighted by Gasteiger charge is 2.45. The number of alkyl halides is 2. The zero-order valence-corrected chi connectivity index (χ0v) is 17.3. The average molecular weight is 446 g/mol. The fraction of sp³-hybridized carbons (Fsp3) is 0.565. The highest BCUT2D eigenvalue weighted by atomic mass is 19.3. The van der Waals surface area contributed by atoms with Crippen LogP contribution < -0.4 is 9.47 Å². The quantitative estimate of drug-likeness (QED) is 0.251. The Balaban J connectivity index is 1.49. The molecule has 1 aliphatic carbocycles. The molecular formula is C23H27F5O3. The van der Waals surface area contributed by atoms with E-state index >= 15 is 0 Å². The van der Waals surface area contributed by atoms with Crippen molar-refractivity contribution in [3.05, 3.63) is 48.5 Å². The van der Waals surface area contributed by atoms with Crippen LogP contribution in [-0.4, -0.2) is 18.8 Å². The van der Waals surface area contributed by atoms with E-state index in [4.69, 9.17) is 9.47 Å². The standard InChI is InChI=1S/C23H27F5O3/c1-2-3-15-4-13-20(29-14-15)16-5-7-17(8-6-16)23(27,28)31-19-11-9-18(10-12-19)30-22(26)21(24)25/h2-3,9-12,15-17,20H,4-8,13-14H2,1H3/b3-2+. The summed E-state index contributed by atoms with van der Waals surface area (Å²) in [6.07, 6.45) is 2.36. The molecule has 1 saturated carbocycles. The highest BCUT2D eigenvalue weighted by Crippen LogP contribution is 2.43. The Morgan fingerprint density at radius 2 is 1.61 bits per heavy atom. The first-order chi connectivity index (χ1) is 14.8. The Bertz CT molecular complexity index is 758. The predicted octanol–water partition coefficient (Wildman–Crippen LogP) is 7.25. The van der Waals surface area contributed by atoms with Crippen molar-refractivity contribution in [2.75, 3.05) is 6.61 Å². The lowest BCUT2D eigenvalue weighted by atomic mass is 9.77. The SMILES string of the molecule is C/C=C/C1CCC(C2CCC(C(F)(F)Oc3ccc(OC(F)=C(F)F)cc3)CC2)OC1. The molecule has 0 bridgehead atoms. The van der Waals surface area contributed by atoms with Gasteiger partial charge in [0.2, 0.25) is 0 Å². The summed E-state index contributed by atoms with van der Waals surface area (Å²) < 4.78 is 81.4. The minimum atomic E-state index is -3.37. The molecule has 1 heterocycles. The van der Waals surface area contributed by atoms with Gasteiger partial charge in [-0.05, 0) is 75.6 Å². The van der Waals surface area contributed by atoms with Gasteiger partial charge in [-0.3, -0.25) is 0 Å². The summed E-state index contributed by atoms with van der Waals surface area (Å²) in [5.41, 5.74) is 0. The van der Waals surface area contributed by atoms with Gasteiger partial charge in [0, 0.05) is 5.92 Å². The van der Waals surface area contributed by atoms with Crippen LogP contribution in [0.2, 0.25) is 0 Å². The van der Waals surface area contributed by atoms with Crippen LogP contribution in [-0.2, 0) is 4.74 Å². The van der Waals surface area contributed by atoms with Gasteiger partial charge in [0.05, 0.1) is 18.6 Å². The molecular weight excluding hydrogens is 419 g/mol. The maximum absolute atomic E-state index is 14.7. The molecule has 1 saturated heterocycles. The largest absolute Gasteiger partial charge is 0.432 e. The Morgan fingerprint density at radius 3 is 2.16 bits per heavy atom. The molecule has 2 unspecified atom stereocenters. The second-order valence-electron chi connectivity index (χ2n) is 8.12. The van der Waals surface area contributed by atoms with Crippen molar-refractivity contribution in [1.29, 1.82) is 0 Å². The smallest absolute Gasteiger partial charge is 0.400 e. The van der Waals surface area contributed by atoms with Crippen molar-refractivity contribution in [3.8, 4) is 11.5 Å². The zero-order chi connectivity index (χ0) is 22.4.